The Hall–Kier alpha value is -2.90. The summed E-state index contributed by atoms with van der Waals surface area (Å²) in [6, 6.07) is 16.3. The summed E-state index contributed by atoms with van der Waals surface area (Å²) in [6.07, 6.45) is 3.92. The number of hydrogen-bond acceptors (Lipinski definition) is 5. The van der Waals surface area contributed by atoms with Gasteiger partial charge in [0.2, 0.25) is 5.91 Å². The summed E-state index contributed by atoms with van der Waals surface area (Å²) in [5.74, 6) is 0.0613. The molecule has 0 aliphatic carbocycles. The number of carbonyl (C=O) groups excluding carboxylic acids is 2. The molecule has 36 heavy (non-hydrogen) atoms. The Balaban J connectivity index is 1.64. The van der Waals surface area contributed by atoms with E-state index in [1.807, 2.05) is 77.3 Å². The quantitative estimate of drug-likeness (QED) is 0.648. The SMILES string of the molecule is CC(=O)N1CCCN(C2CCOCC2)CCCN(C(=O)c2cccc(N(C)C)c2)Cc2ccccc21. The van der Waals surface area contributed by atoms with Crippen LogP contribution < -0.4 is 9.80 Å². The molecule has 2 amide bonds. The Morgan fingerprint density at radius 2 is 1.64 bits per heavy atom. The van der Waals surface area contributed by atoms with E-state index in [2.05, 4.69) is 4.90 Å². The second-order valence-corrected chi connectivity index (χ2v) is 10.1. The molecule has 7 heteroatoms. The molecule has 194 valence electrons. The van der Waals surface area contributed by atoms with Crippen LogP contribution in [-0.2, 0) is 16.1 Å². The van der Waals surface area contributed by atoms with Crippen molar-refractivity contribution in [1.29, 1.82) is 0 Å². The highest BCUT2D eigenvalue weighted by atomic mass is 16.5. The topological polar surface area (TPSA) is 56.3 Å². The minimum Gasteiger partial charge on any atom is -0.381 e. The number of para-hydroxylation sites is 1. The van der Waals surface area contributed by atoms with Crippen LogP contribution in [0.25, 0.3) is 0 Å². The molecule has 2 aliphatic heterocycles. The molecule has 0 bridgehead atoms. The van der Waals surface area contributed by atoms with E-state index in [4.69, 9.17) is 4.74 Å². The standard InChI is InChI=1S/C29H40N4O3/c1-23(34)33-18-8-16-31(26-13-19-36-20-14-26)15-7-17-32(22-25-9-4-5-12-28(25)33)29(35)24-10-6-11-27(21-24)30(2)3/h4-6,9-12,21,26H,7-8,13-20,22H2,1-3H3. The molecule has 7 nitrogen and oxygen atoms in total. The van der Waals surface area contributed by atoms with Gasteiger partial charge >= 0.3 is 0 Å². The van der Waals surface area contributed by atoms with Crippen molar-refractivity contribution in [3.05, 3.63) is 59.7 Å². The van der Waals surface area contributed by atoms with Crippen molar-refractivity contribution in [2.45, 2.75) is 45.2 Å². The minimum atomic E-state index is 0.0255. The molecule has 0 saturated carbocycles. The van der Waals surface area contributed by atoms with Gasteiger partial charge in [0, 0.05) is 89.9 Å². The Labute approximate surface area is 215 Å². The second-order valence-electron chi connectivity index (χ2n) is 10.1. The van der Waals surface area contributed by atoms with Crippen LogP contribution in [0.15, 0.2) is 48.5 Å². The molecule has 2 aliphatic rings. The predicted octanol–water partition coefficient (Wildman–Crippen LogP) is 4.02. The van der Waals surface area contributed by atoms with Crippen LogP contribution in [0.3, 0.4) is 0 Å². The van der Waals surface area contributed by atoms with Gasteiger partial charge in [-0.15, -0.1) is 0 Å². The molecular weight excluding hydrogens is 452 g/mol. The van der Waals surface area contributed by atoms with E-state index in [-0.39, 0.29) is 11.8 Å². The van der Waals surface area contributed by atoms with Crippen LogP contribution in [0.4, 0.5) is 11.4 Å². The average Bonchev–Trinajstić information content (AvgIpc) is 2.89. The predicted molar refractivity (Wildman–Crippen MR) is 145 cm³/mol. The maximum Gasteiger partial charge on any atom is 0.254 e. The lowest BCUT2D eigenvalue weighted by Gasteiger charge is -2.36. The number of nitrogens with zero attached hydrogens (tertiary/aromatic N) is 4. The summed E-state index contributed by atoms with van der Waals surface area (Å²) in [6.45, 7) is 6.94. The summed E-state index contributed by atoms with van der Waals surface area (Å²) < 4.78 is 5.60. The van der Waals surface area contributed by atoms with Crippen molar-refractivity contribution >= 4 is 23.2 Å². The van der Waals surface area contributed by atoms with E-state index in [1.165, 1.54) is 0 Å². The minimum absolute atomic E-state index is 0.0255. The van der Waals surface area contributed by atoms with E-state index in [1.54, 1.807) is 6.92 Å². The first-order chi connectivity index (χ1) is 17.4. The van der Waals surface area contributed by atoms with Crippen LogP contribution in [0.2, 0.25) is 0 Å². The lowest BCUT2D eigenvalue weighted by atomic mass is 10.1. The summed E-state index contributed by atoms with van der Waals surface area (Å²) in [5, 5.41) is 0. The van der Waals surface area contributed by atoms with Gasteiger partial charge in [-0.25, -0.2) is 0 Å². The number of amides is 2. The number of ether oxygens (including phenoxy) is 1. The Morgan fingerprint density at radius 3 is 2.36 bits per heavy atom. The number of benzene rings is 2. The molecule has 0 N–H and O–H groups in total. The Morgan fingerprint density at radius 1 is 0.917 bits per heavy atom. The second kappa shape index (κ2) is 12.4. The monoisotopic (exact) mass is 492 g/mol. The Kier molecular flexibility index (Phi) is 8.99. The summed E-state index contributed by atoms with van der Waals surface area (Å²) in [7, 11) is 3.97. The van der Waals surface area contributed by atoms with Gasteiger partial charge < -0.3 is 24.3 Å². The molecule has 0 atom stereocenters. The molecule has 2 aromatic rings. The van der Waals surface area contributed by atoms with Crippen LogP contribution in [0.5, 0.6) is 0 Å². The van der Waals surface area contributed by atoms with Crippen molar-refractivity contribution < 1.29 is 14.3 Å². The maximum atomic E-state index is 13.8. The third-order valence-corrected chi connectivity index (χ3v) is 7.33. The van der Waals surface area contributed by atoms with Crippen LogP contribution in [-0.4, -0.2) is 81.1 Å². The zero-order valence-electron chi connectivity index (χ0n) is 22.0. The van der Waals surface area contributed by atoms with Gasteiger partial charge in [0.05, 0.1) is 0 Å². The van der Waals surface area contributed by atoms with Crippen molar-refractivity contribution in [3.8, 4) is 0 Å². The molecule has 0 spiro atoms. The average molecular weight is 493 g/mol. The van der Waals surface area contributed by atoms with Gasteiger partial charge in [0.15, 0.2) is 0 Å². The Bertz CT molecular complexity index is 1030. The van der Waals surface area contributed by atoms with Crippen molar-refractivity contribution in [3.63, 3.8) is 0 Å². The number of rotatable bonds is 3. The maximum absolute atomic E-state index is 13.8. The lowest BCUT2D eigenvalue weighted by molar-refractivity contribution is -0.116. The molecule has 2 aromatic carbocycles. The van der Waals surface area contributed by atoms with Crippen molar-refractivity contribution in [1.82, 2.24) is 9.80 Å². The van der Waals surface area contributed by atoms with E-state index < -0.39 is 0 Å². The van der Waals surface area contributed by atoms with Gasteiger partial charge in [0.1, 0.15) is 0 Å². The zero-order valence-corrected chi connectivity index (χ0v) is 22.0. The third kappa shape index (κ3) is 6.45. The van der Waals surface area contributed by atoms with Crippen LogP contribution in [0.1, 0.15) is 48.5 Å². The molecular formula is C29H40N4O3. The zero-order chi connectivity index (χ0) is 25.5. The number of carbonyl (C=O) groups is 2. The molecule has 0 aromatic heterocycles. The van der Waals surface area contributed by atoms with Crippen LogP contribution in [0, 0.1) is 0 Å². The number of fused-ring (bicyclic) bond motifs is 1. The fraction of sp³-hybridized carbons (Fsp3) is 0.517. The summed E-state index contributed by atoms with van der Waals surface area (Å²) in [5.41, 5.74) is 3.61. The van der Waals surface area contributed by atoms with E-state index in [9.17, 15) is 9.59 Å². The first-order valence-corrected chi connectivity index (χ1v) is 13.2. The van der Waals surface area contributed by atoms with Crippen molar-refractivity contribution in [2.75, 3.05) is 63.3 Å². The molecule has 4 rings (SSSR count). The fourth-order valence-corrected chi connectivity index (χ4v) is 5.34. The largest absolute Gasteiger partial charge is 0.381 e. The van der Waals surface area contributed by atoms with Gasteiger partial charge in [0.25, 0.3) is 5.91 Å². The van der Waals surface area contributed by atoms with E-state index in [0.29, 0.717) is 31.2 Å². The van der Waals surface area contributed by atoms with Crippen molar-refractivity contribution in [2.24, 2.45) is 0 Å². The molecule has 2 heterocycles. The number of anilines is 2. The first kappa shape index (κ1) is 26.2. The highest BCUT2D eigenvalue weighted by Gasteiger charge is 2.25. The normalized spacial score (nSPS) is 18.6. The molecule has 1 fully saturated rings. The lowest BCUT2D eigenvalue weighted by Crippen LogP contribution is -2.43. The summed E-state index contributed by atoms with van der Waals surface area (Å²) in [4.78, 5) is 34.9. The fourth-order valence-electron chi connectivity index (χ4n) is 5.34. The third-order valence-electron chi connectivity index (χ3n) is 7.33. The van der Waals surface area contributed by atoms with Gasteiger partial charge in [-0.2, -0.15) is 0 Å². The highest BCUT2D eigenvalue weighted by Crippen LogP contribution is 2.26. The first-order valence-electron chi connectivity index (χ1n) is 13.2. The van der Waals surface area contributed by atoms with Gasteiger partial charge in [-0.05, 0) is 55.5 Å². The van der Waals surface area contributed by atoms with Crippen LogP contribution >= 0.6 is 0 Å². The van der Waals surface area contributed by atoms with Gasteiger partial charge in [-0.3, -0.25) is 9.59 Å². The number of hydrogen-bond donors (Lipinski definition) is 0. The molecule has 0 unspecified atom stereocenters. The molecule has 0 radical (unpaired) electrons. The summed E-state index contributed by atoms with van der Waals surface area (Å²) >= 11 is 0. The van der Waals surface area contributed by atoms with E-state index >= 15 is 0 Å². The highest BCUT2D eigenvalue weighted by molar-refractivity contribution is 5.96. The smallest absolute Gasteiger partial charge is 0.254 e. The van der Waals surface area contributed by atoms with Gasteiger partial charge in [-0.1, -0.05) is 24.3 Å². The molecule has 1 saturated heterocycles. The van der Waals surface area contributed by atoms with E-state index in [0.717, 1.165) is 68.9 Å².